The van der Waals surface area contributed by atoms with Gasteiger partial charge in [-0.1, -0.05) is 45.4 Å². The van der Waals surface area contributed by atoms with Crippen LogP contribution in [0, 0.1) is 40.4 Å². The zero-order chi connectivity index (χ0) is 20.5. The summed E-state index contributed by atoms with van der Waals surface area (Å²) in [6.07, 6.45) is 16.1. The van der Waals surface area contributed by atoms with Crippen LogP contribution >= 0.6 is 0 Å². The third kappa shape index (κ3) is 3.48. The molecule has 2 nitrogen and oxygen atoms in total. The predicted molar refractivity (Wildman–Crippen MR) is 120 cm³/mol. The van der Waals surface area contributed by atoms with Crippen LogP contribution in [-0.2, 0) is 0 Å². The fourth-order valence-corrected chi connectivity index (χ4v) is 8.32. The van der Waals surface area contributed by atoms with Crippen molar-refractivity contribution < 1.29 is 5.11 Å². The first-order chi connectivity index (χ1) is 13.4. The van der Waals surface area contributed by atoms with Gasteiger partial charge in [-0.3, -0.25) is 0 Å². The van der Waals surface area contributed by atoms with Crippen molar-refractivity contribution in [1.82, 2.24) is 0 Å². The zero-order valence-electron chi connectivity index (χ0n) is 18.8. The van der Waals surface area contributed by atoms with Gasteiger partial charge in [0, 0.05) is 6.42 Å². The van der Waals surface area contributed by atoms with Crippen molar-refractivity contribution in [2.45, 2.75) is 90.9 Å². The van der Waals surface area contributed by atoms with E-state index < -0.39 is 0 Å². The van der Waals surface area contributed by atoms with Gasteiger partial charge >= 0.3 is 0 Å². The highest BCUT2D eigenvalue weighted by molar-refractivity contribution is 5.24. The first-order valence-electron chi connectivity index (χ1n) is 12.0. The molecule has 2 heteroatoms. The SMILES string of the molecule is C=C(O)CCCC1CCC2C3CCC4CCCCC4(C)C3CC(=C)C12C.CN. The van der Waals surface area contributed by atoms with E-state index in [0.717, 1.165) is 42.4 Å². The Labute approximate surface area is 174 Å². The average molecular weight is 388 g/mol. The highest BCUT2D eigenvalue weighted by Crippen LogP contribution is 2.69. The van der Waals surface area contributed by atoms with Gasteiger partial charge in [0.15, 0.2) is 0 Å². The number of rotatable bonds is 4. The fourth-order valence-electron chi connectivity index (χ4n) is 8.32. The minimum atomic E-state index is 0.357. The number of nitrogens with two attached hydrogens (primary N) is 1. The van der Waals surface area contributed by atoms with Crippen LogP contribution in [0.4, 0.5) is 0 Å². The van der Waals surface area contributed by atoms with Crippen LogP contribution in [0.1, 0.15) is 90.9 Å². The van der Waals surface area contributed by atoms with Crippen molar-refractivity contribution in [3.63, 3.8) is 0 Å². The van der Waals surface area contributed by atoms with Crippen LogP contribution in [0.5, 0.6) is 0 Å². The summed E-state index contributed by atoms with van der Waals surface area (Å²) >= 11 is 0. The molecule has 0 aromatic carbocycles. The Morgan fingerprint density at radius 1 is 1.07 bits per heavy atom. The Morgan fingerprint density at radius 3 is 2.54 bits per heavy atom. The topological polar surface area (TPSA) is 46.2 Å². The van der Waals surface area contributed by atoms with Gasteiger partial charge in [-0.2, -0.15) is 0 Å². The average Bonchev–Trinajstić information content (AvgIpc) is 3.02. The number of aliphatic hydroxyl groups excluding tert-OH is 1. The molecule has 0 aliphatic heterocycles. The van der Waals surface area contributed by atoms with Gasteiger partial charge < -0.3 is 10.8 Å². The number of allylic oxidation sites excluding steroid dienone is 2. The summed E-state index contributed by atoms with van der Waals surface area (Å²) in [6, 6.07) is 0. The second-order valence-electron chi connectivity index (χ2n) is 10.7. The lowest BCUT2D eigenvalue weighted by atomic mass is 9.44. The second-order valence-corrected chi connectivity index (χ2v) is 10.7. The van der Waals surface area contributed by atoms with Gasteiger partial charge in [0.05, 0.1) is 5.76 Å². The van der Waals surface area contributed by atoms with Crippen LogP contribution in [-0.4, -0.2) is 12.2 Å². The van der Waals surface area contributed by atoms with Crippen LogP contribution in [0.2, 0.25) is 0 Å². The summed E-state index contributed by atoms with van der Waals surface area (Å²) in [6.45, 7) is 13.6. The zero-order valence-corrected chi connectivity index (χ0v) is 18.8. The molecule has 0 aromatic heterocycles. The highest BCUT2D eigenvalue weighted by atomic mass is 16.3. The summed E-state index contributed by atoms with van der Waals surface area (Å²) in [5, 5.41) is 9.46. The van der Waals surface area contributed by atoms with E-state index >= 15 is 0 Å². The summed E-state index contributed by atoms with van der Waals surface area (Å²) in [5.41, 5.74) is 7.04. The van der Waals surface area contributed by atoms with Crippen molar-refractivity contribution >= 4 is 0 Å². The molecule has 4 aliphatic carbocycles. The molecular weight excluding hydrogens is 342 g/mol. The van der Waals surface area contributed by atoms with Crippen molar-refractivity contribution in [1.29, 1.82) is 0 Å². The Balaban J connectivity index is 0.00000109. The largest absolute Gasteiger partial charge is 0.513 e. The van der Waals surface area contributed by atoms with E-state index in [4.69, 9.17) is 6.58 Å². The van der Waals surface area contributed by atoms with E-state index in [9.17, 15) is 5.11 Å². The van der Waals surface area contributed by atoms with Gasteiger partial charge in [0.2, 0.25) is 0 Å². The summed E-state index contributed by atoms with van der Waals surface area (Å²) in [5.74, 6) is 4.84. The van der Waals surface area contributed by atoms with E-state index in [-0.39, 0.29) is 0 Å². The van der Waals surface area contributed by atoms with Gasteiger partial charge in [-0.05, 0) is 105 Å². The standard InChI is InChI=1S/C25H40O.CH5N/c1-17-16-23-21(13-11-19-9-5-6-15-24(19,23)3)22-14-12-20(25(17,22)4)10-7-8-18(2)26;1-2/h19-23,26H,1-2,5-16H2,3-4H3;2H2,1H3. The first kappa shape index (κ1) is 21.9. The van der Waals surface area contributed by atoms with E-state index in [0.29, 0.717) is 16.6 Å². The van der Waals surface area contributed by atoms with Crippen molar-refractivity contribution in [2.75, 3.05) is 7.05 Å². The van der Waals surface area contributed by atoms with Crippen LogP contribution in [0.3, 0.4) is 0 Å². The minimum absolute atomic E-state index is 0.357. The molecule has 4 aliphatic rings. The second kappa shape index (κ2) is 8.54. The maximum atomic E-state index is 9.46. The Kier molecular flexibility index (Phi) is 6.69. The van der Waals surface area contributed by atoms with Gasteiger partial charge in [-0.25, -0.2) is 0 Å². The van der Waals surface area contributed by atoms with E-state index in [2.05, 4.69) is 26.2 Å². The third-order valence-corrected chi connectivity index (χ3v) is 9.87. The van der Waals surface area contributed by atoms with Crippen molar-refractivity contribution in [3.8, 4) is 0 Å². The molecule has 4 fully saturated rings. The molecular formula is C26H45NO. The smallest absolute Gasteiger partial charge is 0.0851 e. The maximum Gasteiger partial charge on any atom is 0.0851 e. The molecule has 0 aromatic rings. The van der Waals surface area contributed by atoms with Crippen LogP contribution in [0.15, 0.2) is 24.5 Å². The minimum Gasteiger partial charge on any atom is -0.513 e. The number of fused-ring (bicyclic) bond motifs is 5. The molecule has 3 N–H and O–H groups in total. The third-order valence-electron chi connectivity index (χ3n) is 9.87. The van der Waals surface area contributed by atoms with Gasteiger partial charge in [0.25, 0.3) is 0 Å². The van der Waals surface area contributed by atoms with E-state index in [1.165, 1.54) is 71.3 Å². The summed E-state index contributed by atoms with van der Waals surface area (Å²) in [4.78, 5) is 0. The lowest BCUT2D eigenvalue weighted by Crippen LogP contribution is -2.53. The molecule has 160 valence electrons. The molecule has 7 atom stereocenters. The Morgan fingerprint density at radius 2 is 1.82 bits per heavy atom. The van der Waals surface area contributed by atoms with E-state index in [1.807, 2.05) is 0 Å². The van der Waals surface area contributed by atoms with Crippen LogP contribution in [0.25, 0.3) is 0 Å². The Hall–Kier alpha value is -0.760. The molecule has 0 radical (unpaired) electrons. The monoisotopic (exact) mass is 387 g/mol. The number of aliphatic hydroxyl groups is 1. The van der Waals surface area contributed by atoms with E-state index in [1.54, 1.807) is 5.57 Å². The summed E-state index contributed by atoms with van der Waals surface area (Å²) < 4.78 is 0. The molecule has 4 rings (SSSR count). The molecule has 0 saturated heterocycles. The predicted octanol–water partition coefficient (Wildman–Crippen LogP) is 7.02. The normalized spacial score (nSPS) is 44.6. The molecule has 7 unspecified atom stereocenters. The highest BCUT2D eigenvalue weighted by Gasteiger charge is 2.60. The molecule has 4 saturated carbocycles. The van der Waals surface area contributed by atoms with Crippen molar-refractivity contribution in [2.24, 2.45) is 46.2 Å². The number of hydrogen-bond acceptors (Lipinski definition) is 2. The fraction of sp³-hybridized carbons (Fsp3) is 0.846. The quantitative estimate of drug-likeness (QED) is 0.402. The van der Waals surface area contributed by atoms with Gasteiger partial charge in [0.1, 0.15) is 0 Å². The van der Waals surface area contributed by atoms with Crippen molar-refractivity contribution in [3.05, 3.63) is 24.5 Å². The molecule has 0 spiro atoms. The molecule has 28 heavy (non-hydrogen) atoms. The number of hydrogen-bond donors (Lipinski definition) is 2. The lowest BCUT2D eigenvalue weighted by Gasteiger charge is -2.61. The maximum absolute atomic E-state index is 9.46. The molecule has 0 heterocycles. The first-order valence-corrected chi connectivity index (χ1v) is 12.0. The van der Waals surface area contributed by atoms with Gasteiger partial charge in [-0.15, -0.1) is 0 Å². The molecule has 0 amide bonds. The Bertz CT molecular complexity index is 583. The lowest BCUT2D eigenvalue weighted by molar-refractivity contribution is -0.0886. The molecule has 0 bridgehead atoms. The van der Waals surface area contributed by atoms with Crippen LogP contribution < -0.4 is 5.73 Å². The summed E-state index contributed by atoms with van der Waals surface area (Å²) in [7, 11) is 1.50.